The van der Waals surface area contributed by atoms with Crippen molar-refractivity contribution in [3.05, 3.63) is 84.6 Å². The van der Waals surface area contributed by atoms with E-state index >= 15 is 0 Å². The molecule has 0 amide bonds. The van der Waals surface area contributed by atoms with Gasteiger partial charge in [-0.25, -0.2) is 0 Å². The van der Waals surface area contributed by atoms with Crippen LogP contribution < -0.4 is 0 Å². The normalized spacial score (nSPS) is 30.7. The minimum Gasteiger partial charge on any atom is -0.468 e. The molecule has 2 aromatic rings. The van der Waals surface area contributed by atoms with E-state index in [1.54, 1.807) is 43.7 Å². The molecular weight excluding hydrogens is 498 g/mol. The minimum absolute atomic E-state index is 0.0346. The van der Waals surface area contributed by atoms with Crippen LogP contribution >= 0.6 is 0 Å². The van der Waals surface area contributed by atoms with E-state index < -0.39 is 40.6 Å². The van der Waals surface area contributed by atoms with E-state index in [1.807, 2.05) is 47.3 Å². The zero-order valence-corrected chi connectivity index (χ0v) is 22.6. The predicted octanol–water partition coefficient (Wildman–Crippen LogP) is 1.79. The number of Topliss-reactive ketones (excluding diaryl/α,β-unsaturated/α-hetero) is 1. The van der Waals surface area contributed by atoms with Gasteiger partial charge in [-0.3, -0.25) is 34.2 Å². The van der Waals surface area contributed by atoms with Crippen LogP contribution in [-0.2, 0) is 23.9 Å². The first-order valence-corrected chi connectivity index (χ1v) is 12.9. The van der Waals surface area contributed by atoms with Crippen LogP contribution in [0.2, 0.25) is 0 Å². The molecule has 10 heteroatoms. The summed E-state index contributed by atoms with van der Waals surface area (Å²) in [6, 6.07) is 9.09. The Bertz CT molecular complexity index is 1220. The van der Waals surface area contributed by atoms with Gasteiger partial charge in [-0.15, -0.1) is 0 Å². The van der Waals surface area contributed by atoms with Crippen LogP contribution in [0.4, 0.5) is 0 Å². The number of allylic oxidation sites excluding steroid dienone is 2. The van der Waals surface area contributed by atoms with Crippen LogP contribution in [0.5, 0.6) is 0 Å². The van der Waals surface area contributed by atoms with E-state index in [2.05, 4.69) is 20.9 Å². The molecule has 2 bridgehead atoms. The van der Waals surface area contributed by atoms with E-state index in [0.717, 1.165) is 0 Å². The zero-order valence-electron chi connectivity index (χ0n) is 22.6. The Hall–Kier alpha value is -3.89. The second kappa shape index (κ2) is 10.3. The number of hydrogen-bond acceptors (Lipinski definition) is 10. The number of likely N-dealkylation sites (tertiary alicyclic amines) is 2. The summed E-state index contributed by atoms with van der Waals surface area (Å²) in [5, 5.41) is 0. The van der Waals surface area contributed by atoms with Gasteiger partial charge in [0.05, 0.1) is 43.7 Å². The number of aromatic nitrogens is 2. The van der Waals surface area contributed by atoms with Crippen molar-refractivity contribution >= 4 is 17.7 Å². The number of methoxy groups -OCH3 is 2. The summed E-state index contributed by atoms with van der Waals surface area (Å²) in [6.07, 6.45) is 11.2. The van der Waals surface area contributed by atoms with Gasteiger partial charge < -0.3 is 14.4 Å². The van der Waals surface area contributed by atoms with E-state index in [4.69, 9.17) is 9.47 Å². The van der Waals surface area contributed by atoms with Crippen LogP contribution in [0.25, 0.3) is 0 Å². The molecule has 2 saturated heterocycles. The van der Waals surface area contributed by atoms with Gasteiger partial charge in [0.1, 0.15) is 0 Å². The number of nitrogens with zero attached hydrogens (tertiary/aromatic N) is 5. The second-order valence-corrected chi connectivity index (χ2v) is 10.4. The molecule has 0 spiro atoms. The molecule has 3 aliphatic rings. The van der Waals surface area contributed by atoms with Crippen LogP contribution in [0.3, 0.4) is 0 Å². The number of likely N-dealkylation sites (N-methyl/N-ethyl adjacent to an activating group) is 1. The summed E-state index contributed by atoms with van der Waals surface area (Å²) in [5.74, 6) is -1.94. The molecule has 0 aromatic carbocycles. The Morgan fingerprint density at radius 1 is 0.897 bits per heavy atom. The summed E-state index contributed by atoms with van der Waals surface area (Å²) in [5.41, 5.74) is -2.44. The first-order chi connectivity index (χ1) is 18.8. The molecule has 5 heterocycles. The molecule has 0 N–H and O–H groups in total. The Morgan fingerprint density at radius 2 is 1.44 bits per heavy atom. The topological polar surface area (TPSA) is 105 Å². The SMILES string of the molecule is COC(=O)C12CN(CC3C=CC=CN3C)CC(C(=O)OC)(C1=O)C(c1ccccn1)N(C)C2c1ccccn1. The fourth-order valence-electron chi connectivity index (χ4n) is 6.68. The molecular formula is C29H33N5O5. The number of fused-ring (bicyclic) bond motifs is 2. The molecule has 0 saturated carbocycles. The van der Waals surface area contributed by atoms with Crippen LogP contribution in [0, 0.1) is 10.8 Å². The largest absolute Gasteiger partial charge is 0.468 e. The molecule has 2 fully saturated rings. The average molecular weight is 532 g/mol. The van der Waals surface area contributed by atoms with Crippen molar-refractivity contribution in [2.75, 3.05) is 47.9 Å². The third-order valence-electron chi connectivity index (χ3n) is 8.27. The van der Waals surface area contributed by atoms with Crippen molar-refractivity contribution in [1.82, 2.24) is 24.7 Å². The van der Waals surface area contributed by atoms with Crippen molar-refractivity contribution in [3.63, 3.8) is 0 Å². The summed E-state index contributed by atoms with van der Waals surface area (Å²) >= 11 is 0. The van der Waals surface area contributed by atoms with E-state index in [0.29, 0.717) is 17.9 Å². The summed E-state index contributed by atoms with van der Waals surface area (Å²) in [7, 11) is 6.31. The molecule has 5 unspecified atom stereocenters. The van der Waals surface area contributed by atoms with Gasteiger partial charge >= 0.3 is 11.9 Å². The molecule has 10 nitrogen and oxygen atoms in total. The fraction of sp³-hybridized carbons (Fsp3) is 0.414. The lowest BCUT2D eigenvalue weighted by molar-refractivity contribution is -0.204. The maximum Gasteiger partial charge on any atom is 0.322 e. The van der Waals surface area contributed by atoms with Crippen molar-refractivity contribution in [2.24, 2.45) is 10.8 Å². The smallest absolute Gasteiger partial charge is 0.322 e. The van der Waals surface area contributed by atoms with Crippen LogP contribution in [-0.4, -0.2) is 96.4 Å². The first-order valence-electron chi connectivity index (χ1n) is 12.9. The van der Waals surface area contributed by atoms with Crippen molar-refractivity contribution < 1.29 is 23.9 Å². The van der Waals surface area contributed by atoms with E-state index in [1.165, 1.54) is 14.2 Å². The van der Waals surface area contributed by atoms with Gasteiger partial charge in [0.2, 0.25) is 0 Å². The average Bonchev–Trinajstić information content (AvgIpc) is 2.96. The summed E-state index contributed by atoms with van der Waals surface area (Å²) in [4.78, 5) is 57.9. The molecule has 3 aliphatic heterocycles. The lowest BCUT2D eigenvalue weighted by Gasteiger charge is -2.60. The summed E-state index contributed by atoms with van der Waals surface area (Å²) < 4.78 is 10.7. The number of piperidine rings is 2. The quantitative estimate of drug-likeness (QED) is 0.405. The molecule has 2 aromatic heterocycles. The second-order valence-electron chi connectivity index (χ2n) is 10.4. The van der Waals surface area contributed by atoms with E-state index in [-0.39, 0.29) is 19.1 Å². The van der Waals surface area contributed by atoms with Gasteiger partial charge in [0.25, 0.3) is 0 Å². The van der Waals surface area contributed by atoms with Crippen molar-refractivity contribution in [1.29, 1.82) is 0 Å². The lowest BCUT2D eigenvalue weighted by Crippen LogP contribution is -2.76. The maximum absolute atomic E-state index is 14.9. The highest BCUT2D eigenvalue weighted by atomic mass is 16.5. The van der Waals surface area contributed by atoms with Gasteiger partial charge in [0, 0.05) is 39.1 Å². The van der Waals surface area contributed by atoms with E-state index in [9.17, 15) is 14.4 Å². The fourth-order valence-corrected chi connectivity index (χ4v) is 6.68. The maximum atomic E-state index is 14.9. The highest BCUT2D eigenvalue weighted by Crippen LogP contribution is 2.60. The van der Waals surface area contributed by atoms with Gasteiger partial charge in [0.15, 0.2) is 16.6 Å². The van der Waals surface area contributed by atoms with Gasteiger partial charge in [-0.2, -0.15) is 0 Å². The Balaban J connectivity index is 1.77. The highest BCUT2D eigenvalue weighted by molar-refractivity contribution is 6.17. The third kappa shape index (κ3) is 4.06. The number of esters is 2. The van der Waals surface area contributed by atoms with Crippen LogP contribution in [0.1, 0.15) is 23.5 Å². The number of carbonyl (C=O) groups excluding carboxylic acids is 3. The molecule has 5 atom stereocenters. The molecule has 5 rings (SSSR count). The highest BCUT2D eigenvalue weighted by Gasteiger charge is 2.75. The first kappa shape index (κ1) is 26.7. The predicted molar refractivity (Wildman–Crippen MR) is 142 cm³/mol. The van der Waals surface area contributed by atoms with Crippen molar-refractivity contribution in [2.45, 2.75) is 18.1 Å². The van der Waals surface area contributed by atoms with Crippen LogP contribution in [0.15, 0.2) is 73.2 Å². The Morgan fingerprint density at radius 3 is 1.87 bits per heavy atom. The standard InChI is InChI=1S/C29H33N5O5/c1-32-16-10-7-11-20(32)17-34-18-28(26(36)38-3)23(21-12-5-8-14-30-21)33(2)24(22-13-6-9-15-31-22)29(19-34,25(28)35)27(37)39-4/h5-16,20,23-24H,17-19H2,1-4H3. The number of ketones is 1. The van der Waals surface area contributed by atoms with Gasteiger partial charge in [-0.1, -0.05) is 24.3 Å². The number of pyridine rings is 2. The minimum atomic E-state index is -1.75. The molecule has 0 aliphatic carbocycles. The van der Waals surface area contributed by atoms with Crippen molar-refractivity contribution in [3.8, 4) is 0 Å². The molecule has 39 heavy (non-hydrogen) atoms. The number of carbonyl (C=O) groups is 3. The Labute approximate surface area is 227 Å². The summed E-state index contributed by atoms with van der Waals surface area (Å²) in [6.45, 7) is 0.578. The number of hydrogen-bond donors (Lipinski definition) is 0. The molecule has 0 radical (unpaired) electrons. The van der Waals surface area contributed by atoms with Gasteiger partial charge in [-0.05, 0) is 43.6 Å². The number of rotatable bonds is 6. The number of ether oxygens (including phenoxy) is 2. The third-order valence-corrected chi connectivity index (χ3v) is 8.27. The lowest BCUT2D eigenvalue weighted by atomic mass is 9.54. The molecule has 204 valence electrons. The Kier molecular flexibility index (Phi) is 7.09. The zero-order chi connectivity index (χ0) is 27.8. The monoisotopic (exact) mass is 531 g/mol.